The fourth-order valence-electron chi connectivity index (χ4n) is 1.29. The lowest BCUT2D eigenvalue weighted by atomic mass is 9.88. The van der Waals surface area contributed by atoms with Crippen molar-refractivity contribution in [3.05, 3.63) is 23.9 Å². The summed E-state index contributed by atoms with van der Waals surface area (Å²) in [5.74, 6) is -0.0758. The van der Waals surface area contributed by atoms with E-state index < -0.39 is 5.97 Å². The number of hydrogen-bond donors (Lipinski definition) is 2. The summed E-state index contributed by atoms with van der Waals surface area (Å²) in [6.07, 6.45) is 1.84. The summed E-state index contributed by atoms with van der Waals surface area (Å²) in [6.45, 7) is 6.78. The van der Waals surface area contributed by atoms with E-state index in [2.05, 4.69) is 31.1 Å². The van der Waals surface area contributed by atoms with E-state index >= 15 is 0 Å². The van der Waals surface area contributed by atoms with Gasteiger partial charge in [0.05, 0.1) is 6.42 Å². The first-order chi connectivity index (χ1) is 7.39. The molecule has 0 saturated heterocycles. The van der Waals surface area contributed by atoms with Gasteiger partial charge in [-0.2, -0.15) is 0 Å². The van der Waals surface area contributed by atoms with Crippen LogP contribution in [0, 0.1) is 0 Å². The monoisotopic (exact) mass is 222 g/mol. The molecule has 1 aromatic heterocycles. The molecule has 0 unspecified atom stereocenters. The topological polar surface area (TPSA) is 62.2 Å². The lowest BCUT2D eigenvalue weighted by Crippen LogP contribution is -2.13. The Hall–Kier alpha value is -1.58. The Morgan fingerprint density at radius 3 is 2.75 bits per heavy atom. The van der Waals surface area contributed by atoms with Crippen molar-refractivity contribution >= 4 is 11.8 Å². The number of aliphatic carboxylic acids is 1. The van der Waals surface area contributed by atoms with E-state index in [0.717, 1.165) is 5.82 Å². The van der Waals surface area contributed by atoms with Crippen LogP contribution in [0.4, 0.5) is 5.82 Å². The summed E-state index contributed by atoms with van der Waals surface area (Å²) in [5, 5.41) is 11.5. The quantitative estimate of drug-likeness (QED) is 0.820. The maximum atomic E-state index is 10.4. The van der Waals surface area contributed by atoms with Gasteiger partial charge in [-0.25, -0.2) is 4.98 Å². The van der Waals surface area contributed by atoms with Crippen molar-refractivity contribution in [2.45, 2.75) is 32.6 Å². The zero-order valence-electron chi connectivity index (χ0n) is 9.95. The number of rotatable bonds is 4. The van der Waals surface area contributed by atoms with Crippen molar-refractivity contribution in [3.8, 4) is 0 Å². The number of nitrogens with one attached hydrogen (secondary N) is 1. The van der Waals surface area contributed by atoms with Crippen LogP contribution < -0.4 is 5.32 Å². The highest BCUT2D eigenvalue weighted by Gasteiger charge is 2.13. The molecule has 0 amide bonds. The second-order valence-corrected chi connectivity index (χ2v) is 4.75. The number of carboxylic acids is 1. The third kappa shape index (κ3) is 3.88. The lowest BCUT2D eigenvalue weighted by Gasteiger charge is -2.19. The van der Waals surface area contributed by atoms with Crippen LogP contribution in [-0.4, -0.2) is 22.6 Å². The lowest BCUT2D eigenvalue weighted by molar-refractivity contribution is -0.136. The van der Waals surface area contributed by atoms with Crippen molar-refractivity contribution in [1.82, 2.24) is 4.98 Å². The predicted molar refractivity (Wildman–Crippen MR) is 63.7 cm³/mol. The number of pyridine rings is 1. The van der Waals surface area contributed by atoms with Gasteiger partial charge >= 0.3 is 5.97 Å². The predicted octanol–water partition coefficient (Wildman–Crippen LogP) is 2.27. The van der Waals surface area contributed by atoms with Gasteiger partial charge in [-0.1, -0.05) is 20.8 Å². The Morgan fingerprint density at radius 2 is 2.19 bits per heavy atom. The first-order valence-corrected chi connectivity index (χ1v) is 5.32. The van der Waals surface area contributed by atoms with Gasteiger partial charge in [0.2, 0.25) is 0 Å². The van der Waals surface area contributed by atoms with E-state index in [1.807, 2.05) is 12.1 Å². The zero-order chi connectivity index (χ0) is 12.2. The molecule has 0 aromatic carbocycles. The molecule has 0 saturated carbocycles. The molecule has 1 aromatic rings. The molecule has 4 heteroatoms. The summed E-state index contributed by atoms with van der Waals surface area (Å²) >= 11 is 0. The summed E-state index contributed by atoms with van der Waals surface area (Å²) in [6, 6.07) is 3.93. The summed E-state index contributed by atoms with van der Waals surface area (Å²) in [7, 11) is 0. The molecule has 1 heterocycles. The van der Waals surface area contributed by atoms with E-state index in [0.29, 0.717) is 6.54 Å². The smallest absolute Gasteiger partial charge is 0.305 e. The minimum atomic E-state index is -0.806. The van der Waals surface area contributed by atoms with Crippen LogP contribution >= 0.6 is 0 Å². The average molecular weight is 222 g/mol. The summed E-state index contributed by atoms with van der Waals surface area (Å²) in [5.41, 5.74) is 1.26. The average Bonchev–Trinajstić information content (AvgIpc) is 2.16. The summed E-state index contributed by atoms with van der Waals surface area (Å²) in [4.78, 5) is 14.5. The van der Waals surface area contributed by atoms with Gasteiger partial charge in [0.25, 0.3) is 0 Å². The Kier molecular flexibility index (Phi) is 3.88. The Labute approximate surface area is 95.7 Å². The molecule has 0 aliphatic carbocycles. The molecule has 1 rings (SSSR count). The maximum Gasteiger partial charge on any atom is 0.305 e. The first-order valence-electron chi connectivity index (χ1n) is 5.32. The van der Waals surface area contributed by atoms with E-state index in [1.54, 1.807) is 6.20 Å². The number of carbonyl (C=O) groups is 1. The minimum Gasteiger partial charge on any atom is -0.481 e. The zero-order valence-corrected chi connectivity index (χ0v) is 9.95. The van der Waals surface area contributed by atoms with Crippen LogP contribution in [0.15, 0.2) is 18.3 Å². The molecule has 0 bridgehead atoms. The highest BCUT2D eigenvalue weighted by Crippen LogP contribution is 2.23. The maximum absolute atomic E-state index is 10.4. The van der Waals surface area contributed by atoms with Crippen LogP contribution in [0.25, 0.3) is 0 Å². The highest BCUT2D eigenvalue weighted by atomic mass is 16.4. The fraction of sp³-hybridized carbons (Fsp3) is 0.500. The second-order valence-electron chi connectivity index (χ2n) is 4.75. The van der Waals surface area contributed by atoms with Crippen molar-refractivity contribution in [2.24, 2.45) is 0 Å². The molecular weight excluding hydrogens is 204 g/mol. The van der Waals surface area contributed by atoms with Gasteiger partial charge < -0.3 is 10.4 Å². The van der Waals surface area contributed by atoms with Crippen molar-refractivity contribution in [3.63, 3.8) is 0 Å². The van der Waals surface area contributed by atoms with E-state index in [4.69, 9.17) is 5.11 Å². The van der Waals surface area contributed by atoms with Gasteiger partial charge in [-0.05, 0) is 23.1 Å². The fourth-order valence-corrected chi connectivity index (χ4v) is 1.29. The third-order valence-corrected chi connectivity index (χ3v) is 2.27. The third-order valence-electron chi connectivity index (χ3n) is 2.27. The van der Waals surface area contributed by atoms with Crippen LogP contribution in [0.1, 0.15) is 32.8 Å². The van der Waals surface area contributed by atoms with Gasteiger partial charge in [-0.3, -0.25) is 4.79 Å². The van der Waals surface area contributed by atoms with E-state index in [1.165, 1.54) is 5.56 Å². The minimum absolute atomic E-state index is 0.0756. The molecule has 0 radical (unpaired) electrons. The van der Waals surface area contributed by atoms with Crippen molar-refractivity contribution in [2.75, 3.05) is 11.9 Å². The molecular formula is C12H18N2O2. The SMILES string of the molecule is CC(C)(C)c1ccnc(NCCC(=O)O)c1. The molecule has 0 atom stereocenters. The second kappa shape index (κ2) is 4.96. The molecule has 0 aliphatic rings. The molecule has 16 heavy (non-hydrogen) atoms. The summed E-state index contributed by atoms with van der Waals surface area (Å²) < 4.78 is 0. The van der Waals surface area contributed by atoms with E-state index in [9.17, 15) is 4.79 Å². The van der Waals surface area contributed by atoms with E-state index in [-0.39, 0.29) is 11.8 Å². The molecule has 0 aliphatic heterocycles. The molecule has 0 fully saturated rings. The van der Waals surface area contributed by atoms with Gasteiger partial charge in [0.1, 0.15) is 5.82 Å². The normalized spacial score (nSPS) is 11.2. The number of hydrogen-bond acceptors (Lipinski definition) is 3. The first kappa shape index (κ1) is 12.5. The Morgan fingerprint density at radius 1 is 1.50 bits per heavy atom. The van der Waals surface area contributed by atoms with Gasteiger partial charge in [0.15, 0.2) is 0 Å². The standard InChI is InChI=1S/C12H18N2O2/c1-12(2,3)9-4-6-13-10(8-9)14-7-5-11(15)16/h4,6,8H,5,7H2,1-3H3,(H,13,14)(H,15,16). The molecule has 4 nitrogen and oxygen atoms in total. The van der Waals surface area contributed by atoms with Crippen LogP contribution in [-0.2, 0) is 10.2 Å². The van der Waals surface area contributed by atoms with Gasteiger partial charge in [-0.15, -0.1) is 0 Å². The van der Waals surface area contributed by atoms with Crippen LogP contribution in [0.3, 0.4) is 0 Å². The number of anilines is 1. The highest BCUT2D eigenvalue weighted by molar-refractivity contribution is 5.67. The number of carboxylic acid groups (broad SMARTS) is 1. The molecule has 88 valence electrons. The Bertz CT molecular complexity index is 370. The van der Waals surface area contributed by atoms with Gasteiger partial charge in [0, 0.05) is 12.7 Å². The Balaban J connectivity index is 2.64. The number of aromatic nitrogens is 1. The number of nitrogens with zero attached hydrogens (tertiary/aromatic N) is 1. The van der Waals surface area contributed by atoms with Crippen molar-refractivity contribution in [1.29, 1.82) is 0 Å². The largest absolute Gasteiger partial charge is 0.481 e. The van der Waals surface area contributed by atoms with Crippen LogP contribution in [0.2, 0.25) is 0 Å². The molecule has 0 spiro atoms. The van der Waals surface area contributed by atoms with Crippen molar-refractivity contribution < 1.29 is 9.90 Å². The van der Waals surface area contributed by atoms with Crippen LogP contribution in [0.5, 0.6) is 0 Å². The molecule has 2 N–H and O–H groups in total.